The lowest BCUT2D eigenvalue weighted by molar-refractivity contribution is -0.130. The Balaban J connectivity index is 1.71. The van der Waals surface area contributed by atoms with Crippen LogP contribution in [0.15, 0.2) is 0 Å². The molecule has 3 nitrogen and oxygen atoms in total. The highest BCUT2D eigenvalue weighted by molar-refractivity contribution is 5.80. The molecule has 0 aromatic rings. The van der Waals surface area contributed by atoms with Crippen LogP contribution >= 0.6 is 0 Å². The Kier molecular flexibility index (Phi) is 4.58. The Morgan fingerprint density at radius 2 is 1.86 bits per heavy atom. The SMILES string of the molecule is CC(C)CC1(CN2C(=O)CNC2C2CCCC2)CCCC1. The van der Waals surface area contributed by atoms with Crippen LogP contribution in [-0.4, -0.2) is 30.1 Å². The Labute approximate surface area is 129 Å². The van der Waals surface area contributed by atoms with Crippen molar-refractivity contribution in [2.24, 2.45) is 17.3 Å². The first-order valence-corrected chi connectivity index (χ1v) is 9.12. The molecule has 0 bridgehead atoms. The standard InChI is InChI=1S/C18H32N2O/c1-14(2)11-18(9-5-6-10-18)13-20-16(21)12-19-17(20)15-7-3-4-8-15/h14-15,17,19H,3-13H2,1-2H3. The van der Waals surface area contributed by atoms with E-state index in [2.05, 4.69) is 24.1 Å². The van der Waals surface area contributed by atoms with Crippen LogP contribution in [0, 0.1) is 17.3 Å². The van der Waals surface area contributed by atoms with Crippen LogP contribution < -0.4 is 5.32 Å². The fraction of sp³-hybridized carbons (Fsp3) is 0.944. The van der Waals surface area contributed by atoms with Gasteiger partial charge >= 0.3 is 0 Å². The maximum Gasteiger partial charge on any atom is 0.237 e. The minimum Gasteiger partial charge on any atom is -0.325 e. The number of hydrogen-bond donors (Lipinski definition) is 1. The monoisotopic (exact) mass is 292 g/mol. The van der Waals surface area contributed by atoms with Gasteiger partial charge in [0.05, 0.1) is 12.7 Å². The largest absolute Gasteiger partial charge is 0.325 e. The molecule has 2 saturated carbocycles. The first-order chi connectivity index (χ1) is 10.1. The van der Waals surface area contributed by atoms with E-state index in [1.807, 2.05) is 0 Å². The predicted octanol–water partition coefficient (Wildman–Crippen LogP) is 3.54. The maximum absolute atomic E-state index is 12.4. The lowest BCUT2D eigenvalue weighted by Crippen LogP contribution is -2.47. The maximum atomic E-state index is 12.4. The minimum absolute atomic E-state index is 0.338. The summed E-state index contributed by atoms with van der Waals surface area (Å²) >= 11 is 0. The smallest absolute Gasteiger partial charge is 0.237 e. The molecule has 0 radical (unpaired) electrons. The molecule has 3 rings (SSSR count). The van der Waals surface area contributed by atoms with E-state index < -0.39 is 0 Å². The summed E-state index contributed by atoms with van der Waals surface area (Å²) in [5, 5.41) is 3.52. The lowest BCUT2D eigenvalue weighted by Gasteiger charge is -2.39. The van der Waals surface area contributed by atoms with E-state index in [0.29, 0.717) is 30.0 Å². The predicted molar refractivity (Wildman–Crippen MR) is 85.8 cm³/mol. The second kappa shape index (κ2) is 6.28. The fourth-order valence-corrected chi connectivity index (χ4v) is 5.22. The zero-order valence-electron chi connectivity index (χ0n) is 13.9. The Morgan fingerprint density at radius 3 is 2.48 bits per heavy atom. The topological polar surface area (TPSA) is 32.3 Å². The van der Waals surface area contributed by atoms with Gasteiger partial charge in [0.2, 0.25) is 5.91 Å². The van der Waals surface area contributed by atoms with E-state index in [4.69, 9.17) is 0 Å². The van der Waals surface area contributed by atoms with E-state index >= 15 is 0 Å². The third kappa shape index (κ3) is 3.28. The van der Waals surface area contributed by atoms with Gasteiger partial charge in [0, 0.05) is 6.54 Å². The van der Waals surface area contributed by atoms with Crippen molar-refractivity contribution < 1.29 is 4.79 Å². The Hall–Kier alpha value is -0.570. The molecule has 0 spiro atoms. The van der Waals surface area contributed by atoms with Crippen molar-refractivity contribution in [3.63, 3.8) is 0 Å². The number of hydrogen-bond acceptors (Lipinski definition) is 2. The van der Waals surface area contributed by atoms with Gasteiger partial charge in [-0.05, 0) is 49.4 Å². The van der Waals surface area contributed by atoms with Gasteiger partial charge in [0.25, 0.3) is 0 Å². The number of rotatable bonds is 5. The molecule has 1 heterocycles. The second-order valence-electron chi connectivity index (χ2n) is 8.20. The molecule has 1 aliphatic heterocycles. The van der Waals surface area contributed by atoms with E-state index in [9.17, 15) is 4.79 Å². The number of carbonyl (C=O) groups excluding carboxylic acids is 1. The van der Waals surface area contributed by atoms with E-state index in [1.54, 1.807) is 0 Å². The van der Waals surface area contributed by atoms with Crippen molar-refractivity contribution in [2.75, 3.05) is 13.1 Å². The highest BCUT2D eigenvalue weighted by Gasteiger charge is 2.43. The molecule has 0 aromatic heterocycles. The third-order valence-corrected chi connectivity index (χ3v) is 5.98. The molecule has 3 aliphatic rings. The van der Waals surface area contributed by atoms with Crippen LogP contribution in [0.5, 0.6) is 0 Å². The van der Waals surface area contributed by atoms with Crippen molar-refractivity contribution in [1.29, 1.82) is 0 Å². The van der Waals surface area contributed by atoms with Gasteiger partial charge in [0.1, 0.15) is 0 Å². The van der Waals surface area contributed by atoms with Gasteiger partial charge in [-0.2, -0.15) is 0 Å². The summed E-state index contributed by atoms with van der Waals surface area (Å²) in [6, 6.07) is 0. The highest BCUT2D eigenvalue weighted by atomic mass is 16.2. The summed E-state index contributed by atoms with van der Waals surface area (Å²) in [6.45, 7) is 6.24. The van der Waals surface area contributed by atoms with Crippen LogP contribution in [-0.2, 0) is 4.79 Å². The van der Waals surface area contributed by atoms with Crippen LogP contribution in [0.4, 0.5) is 0 Å². The molecule has 1 N–H and O–H groups in total. The van der Waals surface area contributed by atoms with Crippen LogP contribution in [0.3, 0.4) is 0 Å². The fourth-order valence-electron chi connectivity index (χ4n) is 5.22. The van der Waals surface area contributed by atoms with Crippen molar-refractivity contribution in [3.05, 3.63) is 0 Å². The summed E-state index contributed by atoms with van der Waals surface area (Å²) in [4.78, 5) is 14.7. The van der Waals surface area contributed by atoms with Gasteiger partial charge in [-0.25, -0.2) is 0 Å². The molecular weight excluding hydrogens is 260 g/mol. The molecular formula is C18H32N2O. The van der Waals surface area contributed by atoms with E-state index in [-0.39, 0.29) is 0 Å². The molecule has 1 unspecified atom stereocenters. The van der Waals surface area contributed by atoms with Gasteiger partial charge in [-0.1, -0.05) is 39.5 Å². The zero-order chi connectivity index (χ0) is 14.9. The number of nitrogens with zero attached hydrogens (tertiary/aromatic N) is 1. The van der Waals surface area contributed by atoms with E-state index in [1.165, 1.54) is 57.8 Å². The highest BCUT2D eigenvalue weighted by Crippen LogP contribution is 2.45. The third-order valence-electron chi connectivity index (χ3n) is 5.98. The molecule has 120 valence electrons. The first kappa shape index (κ1) is 15.3. The normalized spacial score (nSPS) is 30.0. The molecule has 3 fully saturated rings. The molecule has 2 aliphatic carbocycles. The number of amides is 1. The zero-order valence-corrected chi connectivity index (χ0v) is 13.9. The summed E-state index contributed by atoms with van der Waals surface area (Å²) in [6.07, 6.45) is 12.3. The molecule has 1 saturated heterocycles. The summed E-state index contributed by atoms with van der Waals surface area (Å²) in [7, 11) is 0. The molecule has 21 heavy (non-hydrogen) atoms. The van der Waals surface area contributed by atoms with Gasteiger partial charge < -0.3 is 4.90 Å². The first-order valence-electron chi connectivity index (χ1n) is 9.12. The minimum atomic E-state index is 0.338. The van der Waals surface area contributed by atoms with E-state index in [0.717, 1.165) is 12.5 Å². The van der Waals surface area contributed by atoms with Crippen LogP contribution in [0.1, 0.15) is 71.6 Å². The summed E-state index contributed by atoms with van der Waals surface area (Å²) < 4.78 is 0. The van der Waals surface area contributed by atoms with Gasteiger partial charge in [0.15, 0.2) is 0 Å². The molecule has 0 aromatic carbocycles. The quantitative estimate of drug-likeness (QED) is 0.840. The number of carbonyl (C=O) groups is 1. The van der Waals surface area contributed by atoms with Crippen molar-refractivity contribution in [2.45, 2.75) is 77.8 Å². The Bertz CT molecular complexity index is 367. The van der Waals surface area contributed by atoms with Crippen molar-refractivity contribution in [1.82, 2.24) is 10.2 Å². The summed E-state index contributed by atoms with van der Waals surface area (Å²) in [5.41, 5.74) is 0.409. The van der Waals surface area contributed by atoms with Crippen LogP contribution in [0.25, 0.3) is 0 Å². The average molecular weight is 292 g/mol. The second-order valence-corrected chi connectivity index (χ2v) is 8.20. The Morgan fingerprint density at radius 1 is 1.19 bits per heavy atom. The summed E-state index contributed by atoms with van der Waals surface area (Å²) in [5.74, 6) is 1.79. The van der Waals surface area contributed by atoms with Crippen LogP contribution in [0.2, 0.25) is 0 Å². The molecule has 1 atom stereocenters. The van der Waals surface area contributed by atoms with Crippen molar-refractivity contribution in [3.8, 4) is 0 Å². The number of nitrogens with one attached hydrogen (secondary N) is 1. The lowest BCUT2D eigenvalue weighted by atomic mass is 9.78. The van der Waals surface area contributed by atoms with Crippen molar-refractivity contribution >= 4 is 5.91 Å². The molecule has 3 heteroatoms. The molecule has 1 amide bonds. The average Bonchev–Trinajstić information content (AvgIpc) is 3.13. The van der Waals surface area contributed by atoms with Gasteiger partial charge in [-0.3, -0.25) is 10.1 Å². The van der Waals surface area contributed by atoms with Gasteiger partial charge in [-0.15, -0.1) is 0 Å².